The van der Waals surface area contributed by atoms with Crippen LogP contribution in [0.25, 0.3) is 0 Å². The summed E-state index contributed by atoms with van der Waals surface area (Å²) in [7, 11) is 0. The number of aliphatic hydroxyl groups is 1. The zero-order chi connectivity index (χ0) is 10.8. The number of carbonyl (C=O) groups excluding carboxylic acids is 1. The number of nitrogens with two attached hydrogens (primary N) is 1. The van der Waals surface area contributed by atoms with Gasteiger partial charge in [0.25, 0.3) is 0 Å². The monoisotopic (exact) mass is 202 g/mol. The van der Waals surface area contributed by atoms with Gasteiger partial charge < -0.3 is 15.7 Å². The first kappa shape index (κ1) is 13.4. The van der Waals surface area contributed by atoms with Crippen LogP contribution in [0.1, 0.15) is 32.6 Å². The summed E-state index contributed by atoms with van der Waals surface area (Å²) in [5, 5.41) is 8.65. The highest BCUT2D eigenvalue weighted by Gasteiger charge is 2.09. The molecule has 0 atom stereocenters. The highest BCUT2D eigenvalue weighted by Crippen LogP contribution is 2.01. The number of hydrogen-bond donors (Lipinski definition) is 2. The molecule has 0 heterocycles. The fraction of sp³-hybridized carbons (Fsp3) is 0.900. The third kappa shape index (κ3) is 5.94. The van der Waals surface area contributed by atoms with E-state index in [9.17, 15) is 4.79 Å². The Labute approximate surface area is 86.1 Å². The number of carbonyl (C=O) groups is 1. The second-order valence-corrected chi connectivity index (χ2v) is 3.30. The fourth-order valence-electron chi connectivity index (χ4n) is 1.30. The molecule has 84 valence electrons. The van der Waals surface area contributed by atoms with E-state index in [1.807, 2.05) is 6.92 Å². The van der Waals surface area contributed by atoms with Crippen LogP contribution in [0.4, 0.5) is 0 Å². The summed E-state index contributed by atoms with van der Waals surface area (Å²) in [6.45, 7) is 4.14. The predicted molar refractivity (Wildman–Crippen MR) is 56.9 cm³/mol. The highest BCUT2D eigenvalue weighted by atomic mass is 16.3. The number of unbranched alkanes of at least 4 members (excludes halogenated alkanes) is 1. The average molecular weight is 202 g/mol. The van der Waals surface area contributed by atoms with Crippen molar-refractivity contribution in [2.24, 2.45) is 5.73 Å². The summed E-state index contributed by atoms with van der Waals surface area (Å²) in [4.78, 5) is 13.3. The average Bonchev–Trinajstić information content (AvgIpc) is 2.19. The van der Waals surface area contributed by atoms with Gasteiger partial charge in [-0.15, -0.1) is 0 Å². The van der Waals surface area contributed by atoms with Gasteiger partial charge in [-0.1, -0.05) is 0 Å². The normalized spacial score (nSPS) is 10.2. The highest BCUT2D eigenvalue weighted by molar-refractivity contribution is 5.76. The molecule has 0 aliphatic heterocycles. The van der Waals surface area contributed by atoms with Gasteiger partial charge in [-0.2, -0.15) is 0 Å². The van der Waals surface area contributed by atoms with Gasteiger partial charge in [0.2, 0.25) is 5.91 Å². The summed E-state index contributed by atoms with van der Waals surface area (Å²) in [5.74, 6) is 0.175. The van der Waals surface area contributed by atoms with E-state index < -0.39 is 0 Å². The van der Waals surface area contributed by atoms with Crippen molar-refractivity contribution in [1.29, 1.82) is 0 Å². The van der Waals surface area contributed by atoms with Crippen molar-refractivity contribution in [3.63, 3.8) is 0 Å². The van der Waals surface area contributed by atoms with Gasteiger partial charge in [0.15, 0.2) is 0 Å². The Morgan fingerprint density at radius 1 is 1.36 bits per heavy atom. The summed E-state index contributed by atoms with van der Waals surface area (Å²) >= 11 is 0. The van der Waals surface area contributed by atoms with E-state index in [0.717, 1.165) is 19.4 Å². The molecule has 1 amide bonds. The van der Waals surface area contributed by atoms with E-state index in [1.54, 1.807) is 4.90 Å². The van der Waals surface area contributed by atoms with Gasteiger partial charge in [0.05, 0.1) is 0 Å². The lowest BCUT2D eigenvalue weighted by Gasteiger charge is -2.20. The lowest BCUT2D eigenvalue weighted by molar-refractivity contribution is -0.131. The third-order valence-electron chi connectivity index (χ3n) is 2.17. The maximum Gasteiger partial charge on any atom is 0.222 e. The van der Waals surface area contributed by atoms with Gasteiger partial charge in [-0.3, -0.25) is 4.79 Å². The number of nitrogens with zero attached hydrogens (tertiary/aromatic N) is 1. The molecule has 0 unspecified atom stereocenters. The molecule has 0 spiro atoms. The van der Waals surface area contributed by atoms with E-state index in [-0.39, 0.29) is 12.5 Å². The molecule has 0 aliphatic carbocycles. The minimum Gasteiger partial charge on any atom is -0.396 e. The topological polar surface area (TPSA) is 66.6 Å². The van der Waals surface area contributed by atoms with Crippen molar-refractivity contribution in [3.8, 4) is 0 Å². The Morgan fingerprint density at radius 2 is 2.07 bits per heavy atom. The van der Waals surface area contributed by atoms with E-state index in [4.69, 9.17) is 10.8 Å². The number of rotatable bonds is 8. The molecular formula is C10H22N2O2. The molecule has 0 fully saturated rings. The van der Waals surface area contributed by atoms with Crippen molar-refractivity contribution in [1.82, 2.24) is 4.90 Å². The molecule has 0 aromatic carbocycles. The third-order valence-corrected chi connectivity index (χ3v) is 2.17. The molecule has 0 saturated carbocycles. The van der Waals surface area contributed by atoms with Crippen LogP contribution in [-0.2, 0) is 4.79 Å². The van der Waals surface area contributed by atoms with Crippen molar-refractivity contribution >= 4 is 5.91 Å². The molecule has 4 heteroatoms. The summed E-state index contributed by atoms with van der Waals surface area (Å²) < 4.78 is 0. The maximum absolute atomic E-state index is 11.6. The zero-order valence-electron chi connectivity index (χ0n) is 9.04. The van der Waals surface area contributed by atoms with Crippen molar-refractivity contribution in [2.75, 3.05) is 26.2 Å². The van der Waals surface area contributed by atoms with Crippen LogP contribution in [0, 0.1) is 0 Å². The number of hydrogen-bond acceptors (Lipinski definition) is 3. The van der Waals surface area contributed by atoms with Crippen LogP contribution in [0.15, 0.2) is 0 Å². The Bertz CT molecular complexity index is 151. The molecule has 0 saturated heterocycles. The lowest BCUT2D eigenvalue weighted by Crippen LogP contribution is -2.32. The van der Waals surface area contributed by atoms with Crippen LogP contribution < -0.4 is 5.73 Å². The molecule has 0 aromatic heterocycles. The minimum absolute atomic E-state index is 0.145. The molecule has 3 N–H and O–H groups in total. The Hall–Kier alpha value is -0.610. The van der Waals surface area contributed by atoms with Gasteiger partial charge in [0, 0.05) is 26.1 Å². The molecule has 14 heavy (non-hydrogen) atoms. The van der Waals surface area contributed by atoms with Gasteiger partial charge in [0.1, 0.15) is 0 Å². The predicted octanol–water partition coefficient (Wildman–Crippen LogP) is 0.346. The quantitative estimate of drug-likeness (QED) is 0.558. The van der Waals surface area contributed by atoms with Crippen molar-refractivity contribution in [2.45, 2.75) is 32.6 Å². The van der Waals surface area contributed by atoms with Crippen LogP contribution in [0.3, 0.4) is 0 Å². The minimum atomic E-state index is 0.145. The second kappa shape index (κ2) is 8.97. The summed E-state index contributed by atoms with van der Waals surface area (Å²) in [5.41, 5.74) is 5.35. The first-order valence-corrected chi connectivity index (χ1v) is 5.35. The Kier molecular flexibility index (Phi) is 8.57. The number of amides is 1. The number of aliphatic hydroxyl groups excluding tert-OH is 1. The lowest BCUT2D eigenvalue weighted by atomic mass is 10.2. The molecular weight excluding hydrogens is 180 g/mol. The first-order valence-electron chi connectivity index (χ1n) is 5.35. The first-order chi connectivity index (χ1) is 6.76. The Morgan fingerprint density at radius 3 is 2.57 bits per heavy atom. The fourth-order valence-corrected chi connectivity index (χ4v) is 1.30. The van der Waals surface area contributed by atoms with Gasteiger partial charge in [-0.25, -0.2) is 0 Å². The Balaban J connectivity index is 3.67. The molecule has 0 radical (unpaired) electrons. The van der Waals surface area contributed by atoms with Gasteiger partial charge >= 0.3 is 0 Å². The molecule has 0 aliphatic rings. The van der Waals surface area contributed by atoms with E-state index in [1.165, 1.54) is 0 Å². The van der Waals surface area contributed by atoms with Crippen LogP contribution in [0.2, 0.25) is 0 Å². The van der Waals surface area contributed by atoms with Crippen molar-refractivity contribution < 1.29 is 9.90 Å². The van der Waals surface area contributed by atoms with Crippen LogP contribution >= 0.6 is 0 Å². The van der Waals surface area contributed by atoms with Crippen LogP contribution in [-0.4, -0.2) is 42.2 Å². The second-order valence-electron chi connectivity index (χ2n) is 3.30. The largest absolute Gasteiger partial charge is 0.396 e. The van der Waals surface area contributed by atoms with E-state index >= 15 is 0 Å². The maximum atomic E-state index is 11.6. The zero-order valence-corrected chi connectivity index (χ0v) is 9.04. The molecule has 4 nitrogen and oxygen atoms in total. The summed E-state index contributed by atoms with van der Waals surface area (Å²) in [6.07, 6.45) is 3.02. The van der Waals surface area contributed by atoms with E-state index in [0.29, 0.717) is 25.9 Å². The van der Waals surface area contributed by atoms with Gasteiger partial charge in [-0.05, 0) is 32.7 Å². The standard InChI is InChI=1S/C10H22N2O2/c1-2-12(8-5-9-13)10(14)6-3-4-7-11/h13H,2-9,11H2,1H3. The SMILES string of the molecule is CCN(CCCO)C(=O)CCCCN. The van der Waals surface area contributed by atoms with Crippen LogP contribution in [0.5, 0.6) is 0 Å². The molecule has 0 aromatic rings. The van der Waals surface area contributed by atoms with Crippen molar-refractivity contribution in [3.05, 3.63) is 0 Å². The molecule has 0 bridgehead atoms. The van der Waals surface area contributed by atoms with E-state index in [2.05, 4.69) is 0 Å². The molecule has 0 rings (SSSR count). The smallest absolute Gasteiger partial charge is 0.222 e. The summed E-state index contributed by atoms with van der Waals surface area (Å²) in [6, 6.07) is 0.